The number of piperidine rings is 1. The van der Waals surface area contributed by atoms with Gasteiger partial charge in [0.1, 0.15) is 29.5 Å². The second-order valence-electron chi connectivity index (χ2n) is 7.01. The van der Waals surface area contributed by atoms with Crippen molar-refractivity contribution in [2.75, 3.05) is 29.9 Å². The molecule has 0 unspecified atom stereocenters. The Bertz CT molecular complexity index is 928. The minimum absolute atomic E-state index is 0.239. The Hall–Kier alpha value is -2.90. The van der Waals surface area contributed by atoms with Crippen LogP contribution in [0.4, 0.5) is 16.0 Å². The summed E-state index contributed by atoms with van der Waals surface area (Å²) in [6, 6.07) is 5.66. The topological polar surface area (TPSA) is 79.7 Å². The minimum atomic E-state index is -1.27. The first kappa shape index (κ1) is 17.5. The maximum Gasteiger partial charge on any atom is 0.164 e. The number of aryl methyl sites for hydroxylation is 2. The van der Waals surface area contributed by atoms with Crippen molar-refractivity contribution >= 4 is 22.7 Å². The summed E-state index contributed by atoms with van der Waals surface area (Å²) in [6.07, 6.45) is 4.08. The fraction of sp³-hybridized carbons (Fsp3) is 0.421. The summed E-state index contributed by atoms with van der Waals surface area (Å²) in [6.45, 7) is 5.18. The van der Waals surface area contributed by atoms with Crippen LogP contribution >= 0.6 is 0 Å². The summed E-state index contributed by atoms with van der Waals surface area (Å²) in [5.41, 5.74) is 0.261. The molecule has 7 nitrogen and oxygen atoms in total. The zero-order valence-electron chi connectivity index (χ0n) is 15.5. The van der Waals surface area contributed by atoms with Gasteiger partial charge in [-0.1, -0.05) is 0 Å². The van der Waals surface area contributed by atoms with E-state index in [1.165, 1.54) is 6.33 Å². The number of alkyl halides is 1. The molecule has 0 aliphatic carbocycles. The van der Waals surface area contributed by atoms with Crippen LogP contribution in [-0.4, -0.2) is 50.2 Å². The largest absolute Gasteiger partial charge is 0.367 e. The SMILES string of the molecule is Cc1cc(NCC2(F)CCN(c3ncnc4ncccc34)CC2)nc(C)n1. The minimum Gasteiger partial charge on any atom is -0.367 e. The standard InChI is InChI=1S/C19H22FN7/c1-13-10-16(26-14(2)25-13)22-11-19(20)5-8-27(9-6-19)18-15-4-3-7-21-17(15)23-12-24-18/h3-4,7,10,12H,5-6,8-9,11H2,1-2H3,(H,22,25,26). The highest BCUT2D eigenvalue weighted by atomic mass is 19.1. The number of nitrogens with zero attached hydrogens (tertiary/aromatic N) is 6. The van der Waals surface area contributed by atoms with E-state index >= 15 is 4.39 Å². The fourth-order valence-corrected chi connectivity index (χ4v) is 3.49. The second-order valence-corrected chi connectivity index (χ2v) is 7.01. The van der Waals surface area contributed by atoms with Crippen LogP contribution in [0.1, 0.15) is 24.4 Å². The number of anilines is 2. The first-order valence-corrected chi connectivity index (χ1v) is 9.08. The van der Waals surface area contributed by atoms with E-state index in [0.717, 1.165) is 16.9 Å². The Labute approximate surface area is 157 Å². The number of aromatic nitrogens is 5. The average molecular weight is 367 g/mol. The summed E-state index contributed by atoms with van der Waals surface area (Å²) in [5.74, 6) is 2.18. The molecule has 1 N–H and O–H groups in total. The number of fused-ring (bicyclic) bond motifs is 1. The molecular weight excluding hydrogens is 345 g/mol. The molecule has 0 aromatic carbocycles. The number of pyridine rings is 1. The maximum absolute atomic E-state index is 15.3. The lowest BCUT2D eigenvalue weighted by Gasteiger charge is -2.37. The maximum atomic E-state index is 15.3. The van der Waals surface area contributed by atoms with Gasteiger partial charge in [0.2, 0.25) is 0 Å². The number of rotatable bonds is 4. The zero-order valence-corrected chi connectivity index (χ0v) is 15.5. The third kappa shape index (κ3) is 3.79. The lowest BCUT2D eigenvalue weighted by molar-refractivity contribution is 0.140. The molecule has 0 bridgehead atoms. The molecule has 140 valence electrons. The van der Waals surface area contributed by atoms with Gasteiger partial charge in [0.15, 0.2) is 5.65 Å². The molecule has 1 aliphatic rings. The van der Waals surface area contributed by atoms with Gasteiger partial charge in [-0.05, 0) is 26.0 Å². The second kappa shape index (κ2) is 7.02. The number of hydrogen-bond donors (Lipinski definition) is 1. The summed E-state index contributed by atoms with van der Waals surface area (Å²) in [4.78, 5) is 23.6. The quantitative estimate of drug-likeness (QED) is 0.759. The molecule has 8 heteroatoms. The third-order valence-electron chi connectivity index (χ3n) is 4.90. The van der Waals surface area contributed by atoms with Crippen LogP contribution in [0, 0.1) is 13.8 Å². The molecule has 0 spiro atoms. The number of nitrogens with one attached hydrogen (secondary N) is 1. The molecule has 0 amide bonds. The van der Waals surface area contributed by atoms with E-state index in [2.05, 4.69) is 35.1 Å². The lowest BCUT2D eigenvalue weighted by atomic mass is 9.93. The highest BCUT2D eigenvalue weighted by Crippen LogP contribution is 2.31. The van der Waals surface area contributed by atoms with Crippen molar-refractivity contribution in [1.82, 2.24) is 24.9 Å². The van der Waals surface area contributed by atoms with E-state index in [4.69, 9.17) is 0 Å². The summed E-state index contributed by atoms with van der Waals surface area (Å²) >= 11 is 0. The van der Waals surface area contributed by atoms with Gasteiger partial charge in [-0.3, -0.25) is 0 Å². The van der Waals surface area contributed by atoms with Crippen LogP contribution in [0.15, 0.2) is 30.7 Å². The number of halogens is 1. The Morgan fingerprint density at radius 1 is 1.15 bits per heavy atom. The Kier molecular flexibility index (Phi) is 4.55. The average Bonchev–Trinajstić information content (AvgIpc) is 2.66. The molecule has 1 aliphatic heterocycles. The van der Waals surface area contributed by atoms with Crippen LogP contribution in [0.2, 0.25) is 0 Å². The number of hydrogen-bond acceptors (Lipinski definition) is 7. The van der Waals surface area contributed by atoms with Crippen molar-refractivity contribution in [1.29, 1.82) is 0 Å². The molecule has 3 aromatic heterocycles. The molecule has 4 rings (SSSR count). The van der Waals surface area contributed by atoms with E-state index in [1.54, 1.807) is 6.20 Å². The van der Waals surface area contributed by atoms with Gasteiger partial charge < -0.3 is 10.2 Å². The van der Waals surface area contributed by atoms with Crippen molar-refractivity contribution in [3.8, 4) is 0 Å². The van der Waals surface area contributed by atoms with Crippen LogP contribution in [-0.2, 0) is 0 Å². The molecule has 1 fully saturated rings. The molecule has 3 aromatic rings. The van der Waals surface area contributed by atoms with E-state index in [1.807, 2.05) is 32.0 Å². The van der Waals surface area contributed by atoms with Gasteiger partial charge in [-0.25, -0.2) is 29.3 Å². The smallest absolute Gasteiger partial charge is 0.164 e. The predicted octanol–water partition coefficient (Wildman–Crippen LogP) is 2.85. The zero-order chi connectivity index (χ0) is 18.9. The molecule has 4 heterocycles. The lowest BCUT2D eigenvalue weighted by Crippen LogP contribution is -2.46. The molecule has 0 saturated carbocycles. The van der Waals surface area contributed by atoms with Gasteiger partial charge in [0.25, 0.3) is 0 Å². The van der Waals surface area contributed by atoms with E-state index in [9.17, 15) is 0 Å². The van der Waals surface area contributed by atoms with Crippen molar-refractivity contribution in [3.05, 3.63) is 42.2 Å². The highest BCUT2D eigenvalue weighted by molar-refractivity contribution is 5.86. The van der Waals surface area contributed by atoms with Gasteiger partial charge in [0, 0.05) is 43.9 Å². The van der Waals surface area contributed by atoms with Crippen molar-refractivity contribution < 1.29 is 4.39 Å². The first-order chi connectivity index (χ1) is 13.0. The van der Waals surface area contributed by atoms with Crippen molar-refractivity contribution in [2.45, 2.75) is 32.4 Å². The molecule has 27 heavy (non-hydrogen) atoms. The van der Waals surface area contributed by atoms with Crippen molar-refractivity contribution in [2.24, 2.45) is 0 Å². The Morgan fingerprint density at radius 2 is 1.96 bits per heavy atom. The predicted molar refractivity (Wildman–Crippen MR) is 103 cm³/mol. The van der Waals surface area contributed by atoms with Gasteiger partial charge in [-0.15, -0.1) is 0 Å². The third-order valence-corrected chi connectivity index (χ3v) is 4.90. The molecular formula is C19H22FN7. The van der Waals surface area contributed by atoms with Gasteiger partial charge in [-0.2, -0.15) is 0 Å². The summed E-state index contributed by atoms with van der Waals surface area (Å²) in [7, 11) is 0. The fourth-order valence-electron chi connectivity index (χ4n) is 3.49. The monoisotopic (exact) mass is 367 g/mol. The van der Waals surface area contributed by atoms with Gasteiger partial charge >= 0.3 is 0 Å². The normalized spacial score (nSPS) is 16.5. The van der Waals surface area contributed by atoms with Crippen LogP contribution < -0.4 is 10.2 Å². The van der Waals surface area contributed by atoms with Crippen LogP contribution in [0.3, 0.4) is 0 Å². The summed E-state index contributed by atoms with van der Waals surface area (Å²) < 4.78 is 15.3. The first-order valence-electron chi connectivity index (χ1n) is 9.08. The van der Waals surface area contributed by atoms with Crippen LogP contribution in [0.5, 0.6) is 0 Å². The van der Waals surface area contributed by atoms with Crippen molar-refractivity contribution in [3.63, 3.8) is 0 Å². The molecule has 1 saturated heterocycles. The molecule has 0 radical (unpaired) electrons. The van der Waals surface area contributed by atoms with E-state index in [-0.39, 0.29) is 6.54 Å². The highest BCUT2D eigenvalue weighted by Gasteiger charge is 2.35. The van der Waals surface area contributed by atoms with E-state index < -0.39 is 5.67 Å². The van der Waals surface area contributed by atoms with Crippen LogP contribution in [0.25, 0.3) is 11.0 Å². The Balaban J connectivity index is 1.43. The van der Waals surface area contributed by atoms with Gasteiger partial charge in [0.05, 0.1) is 11.9 Å². The Morgan fingerprint density at radius 3 is 2.74 bits per heavy atom. The van der Waals surface area contributed by atoms with E-state index in [0.29, 0.717) is 43.2 Å². The molecule has 0 atom stereocenters. The summed E-state index contributed by atoms with van der Waals surface area (Å²) in [5, 5.41) is 4.04.